The normalized spacial score (nSPS) is 19.2. The van der Waals surface area contributed by atoms with Gasteiger partial charge in [0.05, 0.1) is 11.2 Å². The van der Waals surface area contributed by atoms with Crippen molar-refractivity contribution in [1.29, 1.82) is 0 Å². The summed E-state index contributed by atoms with van der Waals surface area (Å²) in [5.74, 6) is -0.977. The van der Waals surface area contributed by atoms with Gasteiger partial charge in [-0.2, -0.15) is 0 Å². The summed E-state index contributed by atoms with van der Waals surface area (Å²) in [7, 11) is 0.968. The summed E-state index contributed by atoms with van der Waals surface area (Å²) in [5.41, 5.74) is 6.34. The first-order valence-electron chi connectivity index (χ1n) is 8.58. The van der Waals surface area contributed by atoms with Crippen molar-refractivity contribution in [2.24, 2.45) is 5.73 Å². The molecule has 8 heteroatoms. The highest BCUT2D eigenvalue weighted by atomic mass is 16.7. The molecule has 1 heterocycles. The molecule has 0 aliphatic carbocycles. The first-order valence-corrected chi connectivity index (χ1v) is 8.58. The standard InChI is InChI=1S/C18H27BN2O5/c1-17(2)18(3,4)26-19(25-17)13-8-6-12(7-9-13)10-14(16(20)23)21-15(22)11-24-5/h6-9,14H,10-11H2,1-5H3,(H2,20,23)(H,21,22)/t14-/m1/s1. The Kier molecular flexibility index (Phi) is 6.11. The molecule has 1 aromatic rings. The quantitative estimate of drug-likeness (QED) is 0.673. The number of nitrogens with one attached hydrogen (secondary N) is 1. The van der Waals surface area contributed by atoms with Crippen LogP contribution in [0.25, 0.3) is 0 Å². The molecule has 0 bridgehead atoms. The fourth-order valence-electron chi connectivity index (χ4n) is 2.62. The van der Waals surface area contributed by atoms with Crippen LogP contribution in [0.3, 0.4) is 0 Å². The molecule has 1 aromatic carbocycles. The summed E-state index contributed by atoms with van der Waals surface area (Å²) < 4.78 is 16.8. The second-order valence-electron chi connectivity index (χ2n) is 7.49. The van der Waals surface area contributed by atoms with Crippen molar-refractivity contribution < 1.29 is 23.6 Å². The minimum atomic E-state index is -0.791. The van der Waals surface area contributed by atoms with Gasteiger partial charge in [0.25, 0.3) is 0 Å². The summed E-state index contributed by atoms with van der Waals surface area (Å²) in [5, 5.41) is 2.57. The molecular formula is C18H27BN2O5. The molecule has 1 aliphatic heterocycles. The molecule has 142 valence electrons. The first-order chi connectivity index (χ1) is 12.1. The largest absolute Gasteiger partial charge is 0.494 e. The maximum absolute atomic E-state index is 11.6. The van der Waals surface area contributed by atoms with Crippen LogP contribution in [0.2, 0.25) is 0 Å². The summed E-state index contributed by atoms with van der Waals surface area (Å²) in [6.07, 6.45) is 0.300. The summed E-state index contributed by atoms with van der Waals surface area (Å²) >= 11 is 0. The van der Waals surface area contributed by atoms with E-state index in [9.17, 15) is 9.59 Å². The average Bonchev–Trinajstić information content (AvgIpc) is 2.75. The third kappa shape index (κ3) is 4.63. The highest BCUT2D eigenvalue weighted by Crippen LogP contribution is 2.36. The summed E-state index contributed by atoms with van der Waals surface area (Å²) in [6.45, 7) is 7.89. The van der Waals surface area contributed by atoms with Crippen LogP contribution in [0.5, 0.6) is 0 Å². The number of amides is 2. The lowest BCUT2D eigenvalue weighted by Gasteiger charge is -2.32. The van der Waals surface area contributed by atoms with Crippen LogP contribution >= 0.6 is 0 Å². The highest BCUT2D eigenvalue weighted by Gasteiger charge is 2.51. The van der Waals surface area contributed by atoms with Crippen molar-refractivity contribution in [3.8, 4) is 0 Å². The number of hydrogen-bond donors (Lipinski definition) is 2. The number of primary amides is 1. The maximum Gasteiger partial charge on any atom is 0.494 e. The Balaban J connectivity index is 2.05. The van der Waals surface area contributed by atoms with Gasteiger partial charge in [-0.1, -0.05) is 24.3 Å². The molecule has 2 rings (SSSR count). The fraction of sp³-hybridized carbons (Fsp3) is 0.556. The second-order valence-corrected chi connectivity index (χ2v) is 7.49. The summed E-state index contributed by atoms with van der Waals surface area (Å²) in [6, 6.07) is 6.75. The van der Waals surface area contributed by atoms with Crippen LogP contribution in [0.15, 0.2) is 24.3 Å². The van der Waals surface area contributed by atoms with E-state index >= 15 is 0 Å². The van der Waals surface area contributed by atoms with Gasteiger partial charge < -0.3 is 25.1 Å². The van der Waals surface area contributed by atoms with E-state index in [1.165, 1.54) is 7.11 Å². The molecule has 3 N–H and O–H groups in total. The van der Waals surface area contributed by atoms with Gasteiger partial charge in [0.2, 0.25) is 11.8 Å². The van der Waals surface area contributed by atoms with Crippen LogP contribution in [0.4, 0.5) is 0 Å². The topological polar surface area (TPSA) is 99.9 Å². The Morgan fingerprint density at radius 3 is 2.15 bits per heavy atom. The Morgan fingerprint density at radius 1 is 1.15 bits per heavy atom. The van der Waals surface area contributed by atoms with Crippen molar-refractivity contribution in [3.63, 3.8) is 0 Å². The van der Waals surface area contributed by atoms with E-state index in [1.54, 1.807) is 0 Å². The van der Waals surface area contributed by atoms with E-state index in [0.29, 0.717) is 6.42 Å². The molecule has 0 radical (unpaired) electrons. The number of carbonyl (C=O) groups is 2. The van der Waals surface area contributed by atoms with Crippen molar-refractivity contribution >= 4 is 24.4 Å². The third-order valence-corrected chi connectivity index (χ3v) is 4.90. The minimum Gasteiger partial charge on any atom is -0.399 e. The molecule has 26 heavy (non-hydrogen) atoms. The maximum atomic E-state index is 11.6. The van der Waals surface area contributed by atoms with E-state index in [2.05, 4.69) is 5.32 Å². The molecule has 1 aliphatic rings. The zero-order valence-corrected chi connectivity index (χ0v) is 16.0. The average molecular weight is 362 g/mol. The predicted octanol–water partition coefficient (Wildman–Crippen LogP) is 0.145. The summed E-state index contributed by atoms with van der Waals surface area (Å²) in [4.78, 5) is 23.2. The second kappa shape index (κ2) is 7.78. The van der Waals surface area contributed by atoms with Crippen molar-refractivity contribution in [1.82, 2.24) is 5.32 Å². The molecule has 0 aromatic heterocycles. The number of rotatable bonds is 7. The SMILES string of the molecule is COCC(=O)N[C@H](Cc1ccc(B2OC(C)(C)C(C)(C)O2)cc1)C(N)=O. The van der Waals surface area contributed by atoms with Crippen LogP contribution in [-0.4, -0.2) is 49.9 Å². The molecule has 0 saturated carbocycles. The van der Waals surface area contributed by atoms with Gasteiger partial charge in [0.1, 0.15) is 12.6 Å². The smallest absolute Gasteiger partial charge is 0.399 e. The Labute approximate surface area is 154 Å². The lowest BCUT2D eigenvalue weighted by Crippen LogP contribution is -2.47. The monoisotopic (exact) mass is 362 g/mol. The molecular weight excluding hydrogens is 335 g/mol. The molecule has 0 spiro atoms. The van der Waals surface area contributed by atoms with Gasteiger partial charge in [-0.05, 0) is 38.7 Å². The van der Waals surface area contributed by atoms with E-state index in [4.69, 9.17) is 19.8 Å². The Bertz CT molecular complexity index is 644. The number of methoxy groups -OCH3 is 1. The molecule has 0 unspecified atom stereocenters. The van der Waals surface area contributed by atoms with E-state index in [1.807, 2.05) is 52.0 Å². The van der Waals surface area contributed by atoms with Gasteiger partial charge >= 0.3 is 7.12 Å². The molecule has 1 fully saturated rings. The van der Waals surface area contributed by atoms with Crippen molar-refractivity contribution in [3.05, 3.63) is 29.8 Å². The van der Waals surface area contributed by atoms with Gasteiger partial charge in [0, 0.05) is 13.5 Å². The van der Waals surface area contributed by atoms with Gasteiger partial charge in [-0.25, -0.2) is 0 Å². The number of ether oxygens (including phenoxy) is 1. The van der Waals surface area contributed by atoms with E-state index in [0.717, 1.165) is 11.0 Å². The van der Waals surface area contributed by atoms with Gasteiger partial charge in [-0.3, -0.25) is 9.59 Å². The Morgan fingerprint density at radius 2 is 1.69 bits per heavy atom. The van der Waals surface area contributed by atoms with Crippen LogP contribution in [-0.2, 0) is 30.1 Å². The van der Waals surface area contributed by atoms with E-state index < -0.39 is 30.3 Å². The highest BCUT2D eigenvalue weighted by molar-refractivity contribution is 6.62. The van der Waals surface area contributed by atoms with Crippen molar-refractivity contribution in [2.45, 2.75) is 51.4 Å². The third-order valence-electron chi connectivity index (χ3n) is 4.90. The number of nitrogens with two attached hydrogens (primary N) is 1. The van der Waals surface area contributed by atoms with E-state index in [-0.39, 0.29) is 12.5 Å². The van der Waals surface area contributed by atoms with Gasteiger partial charge in [0.15, 0.2) is 0 Å². The minimum absolute atomic E-state index is 0.120. The lowest BCUT2D eigenvalue weighted by molar-refractivity contribution is -0.129. The first kappa shape index (κ1) is 20.4. The molecule has 2 amide bonds. The molecule has 1 saturated heterocycles. The van der Waals surface area contributed by atoms with Crippen LogP contribution in [0.1, 0.15) is 33.3 Å². The lowest BCUT2D eigenvalue weighted by atomic mass is 9.78. The van der Waals surface area contributed by atoms with Gasteiger partial charge in [-0.15, -0.1) is 0 Å². The number of benzene rings is 1. The molecule has 1 atom stereocenters. The van der Waals surface area contributed by atoms with Crippen molar-refractivity contribution in [2.75, 3.05) is 13.7 Å². The zero-order valence-electron chi connectivity index (χ0n) is 16.0. The fourth-order valence-corrected chi connectivity index (χ4v) is 2.62. The number of carbonyl (C=O) groups excluding carboxylic acids is 2. The predicted molar refractivity (Wildman–Crippen MR) is 98.9 cm³/mol. The molecule has 7 nitrogen and oxygen atoms in total. The van der Waals surface area contributed by atoms with Crippen LogP contribution < -0.4 is 16.5 Å². The number of hydrogen-bond acceptors (Lipinski definition) is 5. The van der Waals surface area contributed by atoms with Crippen LogP contribution in [0, 0.1) is 0 Å². The Hall–Kier alpha value is -1.90. The zero-order chi connectivity index (χ0) is 19.5.